The van der Waals surface area contributed by atoms with Crippen molar-refractivity contribution in [2.75, 3.05) is 19.7 Å². The summed E-state index contributed by atoms with van der Waals surface area (Å²) in [6.45, 7) is 5.16. The van der Waals surface area contributed by atoms with Gasteiger partial charge in [0.05, 0.1) is 23.0 Å². The normalized spacial score (nSPS) is 16.3. The van der Waals surface area contributed by atoms with Gasteiger partial charge in [0.15, 0.2) is 0 Å². The molecule has 0 radical (unpaired) electrons. The minimum absolute atomic E-state index is 0.0557. The topological polar surface area (TPSA) is 68.6 Å². The monoisotopic (exact) mass is 472 g/mol. The third-order valence-corrected chi connectivity index (χ3v) is 7.67. The van der Waals surface area contributed by atoms with Crippen LogP contribution in [-0.2, 0) is 32.3 Å². The van der Waals surface area contributed by atoms with Crippen molar-refractivity contribution in [3.63, 3.8) is 0 Å². The standard InChI is InChI=1S/C22H27F3N2O4S/c1-16-7-8-17(2)27(16)11-4-14-31-21(28)18-9-12-26(13-10-18)32(29,30)20-6-3-5-19(15-20)22(23,24)25/h3,5-8,15,18H,4,9-14H2,1-2H3. The SMILES string of the molecule is Cc1ccc(C)n1CCCOC(=O)C1CCN(S(=O)(=O)c2cccc(C(F)(F)F)c2)CC1. The molecule has 6 nitrogen and oxygen atoms in total. The number of hydrogen-bond donors (Lipinski definition) is 0. The highest BCUT2D eigenvalue weighted by Gasteiger charge is 2.35. The van der Waals surface area contributed by atoms with Gasteiger partial charge in [-0.1, -0.05) is 6.07 Å². The largest absolute Gasteiger partial charge is 0.465 e. The lowest BCUT2D eigenvalue weighted by molar-refractivity contribution is -0.150. The van der Waals surface area contributed by atoms with E-state index in [0.717, 1.165) is 40.4 Å². The van der Waals surface area contributed by atoms with Gasteiger partial charge in [0, 0.05) is 31.0 Å². The summed E-state index contributed by atoms with van der Waals surface area (Å²) in [6.07, 6.45) is -3.41. The van der Waals surface area contributed by atoms with E-state index in [0.29, 0.717) is 12.5 Å². The smallest absolute Gasteiger partial charge is 0.416 e. The maximum absolute atomic E-state index is 12.9. The van der Waals surface area contributed by atoms with E-state index in [1.54, 1.807) is 0 Å². The summed E-state index contributed by atoms with van der Waals surface area (Å²) in [6, 6.07) is 7.77. The Bertz CT molecular complexity index is 1040. The first-order chi connectivity index (χ1) is 15.0. The van der Waals surface area contributed by atoms with E-state index in [1.165, 1.54) is 0 Å². The van der Waals surface area contributed by atoms with Crippen LogP contribution < -0.4 is 0 Å². The molecule has 0 amide bonds. The Hall–Kier alpha value is -2.33. The van der Waals surface area contributed by atoms with Crippen molar-refractivity contribution < 1.29 is 31.1 Å². The number of aromatic nitrogens is 1. The van der Waals surface area contributed by atoms with E-state index in [-0.39, 0.29) is 38.5 Å². The zero-order valence-electron chi connectivity index (χ0n) is 18.1. The Kier molecular flexibility index (Phi) is 7.34. The van der Waals surface area contributed by atoms with E-state index in [1.807, 2.05) is 26.0 Å². The van der Waals surface area contributed by atoms with Crippen LogP contribution in [0.5, 0.6) is 0 Å². The van der Waals surface area contributed by atoms with Crippen LogP contribution in [0.3, 0.4) is 0 Å². The molecule has 1 fully saturated rings. The quantitative estimate of drug-likeness (QED) is 0.448. The lowest BCUT2D eigenvalue weighted by Crippen LogP contribution is -2.40. The highest BCUT2D eigenvalue weighted by atomic mass is 32.2. The van der Waals surface area contributed by atoms with Crippen LogP contribution in [0.25, 0.3) is 0 Å². The van der Waals surface area contributed by atoms with Crippen LogP contribution in [0.15, 0.2) is 41.3 Å². The second-order valence-electron chi connectivity index (χ2n) is 7.99. The number of alkyl halides is 3. The third-order valence-electron chi connectivity index (χ3n) is 5.77. The molecule has 176 valence electrons. The average molecular weight is 473 g/mol. The van der Waals surface area contributed by atoms with Gasteiger partial charge in [-0.2, -0.15) is 17.5 Å². The van der Waals surface area contributed by atoms with Gasteiger partial charge < -0.3 is 9.30 Å². The molecular formula is C22H27F3N2O4S. The van der Waals surface area contributed by atoms with Crippen LogP contribution >= 0.6 is 0 Å². The predicted octanol–water partition coefficient (Wildman–Crippen LogP) is 4.16. The zero-order valence-corrected chi connectivity index (χ0v) is 18.9. The number of aryl methyl sites for hydroxylation is 2. The first kappa shape index (κ1) is 24.3. The number of esters is 1. The molecule has 1 aromatic carbocycles. The molecular weight excluding hydrogens is 445 g/mol. The highest BCUT2D eigenvalue weighted by molar-refractivity contribution is 7.89. The molecule has 0 atom stereocenters. The summed E-state index contributed by atoms with van der Waals surface area (Å²) in [5.74, 6) is -0.778. The number of benzene rings is 1. The minimum atomic E-state index is -4.62. The fourth-order valence-electron chi connectivity index (χ4n) is 3.88. The van der Waals surface area contributed by atoms with E-state index in [4.69, 9.17) is 4.74 Å². The first-order valence-electron chi connectivity index (χ1n) is 10.5. The molecule has 10 heteroatoms. The Morgan fingerprint density at radius 3 is 2.31 bits per heavy atom. The number of carbonyl (C=O) groups is 1. The second-order valence-corrected chi connectivity index (χ2v) is 9.93. The molecule has 0 aliphatic carbocycles. The second kappa shape index (κ2) is 9.66. The number of piperidine rings is 1. The lowest BCUT2D eigenvalue weighted by atomic mass is 9.98. The van der Waals surface area contributed by atoms with Gasteiger partial charge in [0.25, 0.3) is 0 Å². The van der Waals surface area contributed by atoms with Crippen molar-refractivity contribution >= 4 is 16.0 Å². The lowest BCUT2D eigenvalue weighted by Gasteiger charge is -2.30. The summed E-state index contributed by atoms with van der Waals surface area (Å²) in [5, 5.41) is 0. The van der Waals surface area contributed by atoms with E-state index in [2.05, 4.69) is 4.57 Å². The predicted molar refractivity (Wildman–Crippen MR) is 112 cm³/mol. The highest BCUT2D eigenvalue weighted by Crippen LogP contribution is 2.32. The zero-order chi connectivity index (χ0) is 23.5. The van der Waals surface area contributed by atoms with Gasteiger partial charge in [-0.15, -0.1) is 0 Å². The Morgan fingerprint density at radius 1 is 1.09 bits per heavy atom. The average Bonchev–Trinajstić information content (AvgIpc) is 3.08. The maximum atomic E-state index is 12.9. The molecule has 3 rings (SSSR count). The summed E-state index contributed by atoms with van der Waals surface area (Å²) >= 11 is 0. The number of halogens is 3. The van der Waals surface area contributed by atoms with E-state index >= 15 is 0 Å². The van der Waals surface area contributed by atoms with Crippen molar-refractivity contribution in [3.8, 4) is 0 Å². The van der Waals surface area contributed by atoms with Crippen LogP contribution in [0, 0.1) is 19.8 Å². The number of carbonyl (C=O) groups excluding carboxylic acids is 1. The maximum Gasteiger partial charge on any atom is 0.416 e. The number of sulfonamides is 1. The molecule has 0 spiro atoms. The Balaban J connectivity index is 1.50. The molecule has 1 aliphatic rings. The number of ether oxygens (including phenoxy) is 1. The summed E-state index contributed by atoms with van der Waals surface area (Å²) in [7, 11) is -4.07. The third kappa shape index (κ3) is 5.53. The summed E-state index contributed by atoms with van der Waals surface area (Å²) < 4.78 is 72.9. The Labute approximate surface area is 186 Å². The number of rotatable bonds is 7. The fraction of sp³-hybridized carbons (Fsp3) is 0.500. The van der Waals surface area contributed by atoms with Crippen molar-refractivity contribution in [2.45, 2.75) is 50.7 Å². The molecule has 32 heavy (non-hydrogen) atoms. The molecule has 0 unspecified atom stereocenters. The van der Waals surface area contributed by atoms with Crippen LogP contribution in [0.1, 0.15) is 36.2 Å². The fourth-order valence-corrected chi connectivity index (χ4v) is 5.40. The van der Waals surface area contributed by atoms with Gasteiger partial charge >= 0.3 is 12.1 Å². The number of nitrogens with zero attached hydrogens (tertiary/aromatic N) is 2. The first-order valence-corrected chi connectivity index (χ1v) is 11.9. The van der Waals surface area contributed by atoms with Crippen LogP contribution in [-0.4, -0.2) is 43.0 Å². The number of hydrogen-bond acceptors (Lipinski definition) is 4. The van der Waals surface area contributed by atoms with Crippen molar-refractivity contribution in [2.24, 2.45) is 5.92 Å². The van der Waals surface area contributed by atoms with Gasteiger partial charge in [-0.05, 0) is 63.4 Å². The molecule has 1 saturated heterocycles. The molecule has 2 heterocycles. The van der Waals surface area contributed by atoms with Gasteiger partial charge in [-0.25, -0.2) is 8.42 Å². The van der Waals surface area contributed by atoms with Crippen molar-refractivity contribution in [3.05, 3.63) is 53.3 Å². The summed E-state index contributed by atoms with van der Waals surface area (Å²) in [5.41, 5.74) is 1.27. The van der Waals surface area contributed by atoms with Crippen molar-refractivity contribution in [1.82, 2.24) is 8.87 Å². The van der Waals surface area contributed by atoms with Crippen molar-refractivity contribution in [1.29, 1.82) is 0 Å². The molecule has 0 bridgehead atoms. The molecule has 0 saturated carbocycles. The van der Waals surface area contributed by atoms with E-state index in [9.17, 15) is 26.4 Å². The Morgan fingerprint density at radius 2 is 1.72 bits per heavy atom. The minimum Gasteiger partial charge on any atom is -0.465 e. The van der Waals surface area contributed by atoms with Gasteiger partial charge in [0.1, 0.15) is 0 Å². The molecule has 1 aromatic heterocycles. The molecule has 2 aromatic rings. The van der Waals surface area contributed by atoms with Crippen LogP contribution in [0.2, 0.25) is 0 Å². The van der Waals surface area contributed by atoms with Crippen LogP contribution in [0.4, 0.5) is 13.2 Å². The van der Waals surface area contributed by atoms with Gasteiger partial charge in [0.2, 0.25) is 10.0 Å². The molecule has 1 aliphatic heterocycles. The summed E-state index contributed by atoms with van der Waals surface area (Å²) in [4.78, 5) is 12.0. The molecule has 0 N–H and O–H groups in total. The van der Waals surface area contributed by atoms with Gasteiger partial charge in [-0.3, -0.25) is 4.79 Å². The van der Waals surface area contributed by atoms with E-state index < -0.39 is 32.6 Å².